The van der Waals surface area contributed by atoms with Crippen LogP contribution in [0.2, 0.25) is 0 Å². The van der Waals surface area contributed by atoms with Crippen molar-refractivity contribution in [3.05, 3.63) is 22.9 Å². The van der Waals surface area contributed by atoms with Crippen LogP contribution in [0, 0.1) is 12.1 Å². The monoisotopic (exact) mass is 175 g/mol. The van der Waals surface area contributed by atoms with Crippen LogP contribution in [0.5, 0.6) is 0 Å². The van der Waals surface area contributed by atoms with Crippen LogP contribution < -0.4 is 0 Å². The summed E-state index contributed by atoms with van der Waals surface area (Å²) in [4.78, 5) is 6.68. The third-order valence-corrected chi connectivity index (χ3v) is 1.07. The lowest BCUT2D eigenvalue weighted by Gasteiger charge is -1.84. The number of nitrogens with zero attached hydrogens (tertiary/aromatic N) is 2. The first-order valence-electron chi connectivity index (χ1n) is 1.85. The van der Waals surface area contributed by atoms with Gasteiger partial charge in [-0.15, -0.1) is 0 Å². The average molecular weight is 176 g/mol. The van der Waals surface area contributed by atoms with Crippen molar-refractivity contribution in [2.45, 2.75) is 0 Å². The molecule has 0 bridgehead atoms. The highest BCUT2D eigenvalue weighted by molar-refractivity contribution is 9.10. The molecule has 4 heteroatoms. The molecule has 8 heavy (non-hydrogen) atoms. The van der Waals surface area contributed by atoms with Gasteiger partial charge < -0.3 is 0 Å². The first-order chi connectivity index (χ1) is 3.80. The van der Waals surface area contributed by atoms with E-state index in [9.17, 15) is 4.39 Å². The zero-order chi connectivity index (χ0) is 5.98. The second-order valence-electron chi connectivity index (χ2n) is 1.08. The number of halogens is 2. The molecule has 0 unspecified atom stereocenters. The summed E-state index contributed by atoms with van der Waals surface area (Å²) in [6, 6.07) is 0. The minimum atomic E-state index is -0.608. The molecular formula is C4HBrFN2. The van der Waals surface area contributed by atoms with Crippen molar-refractivity contribution in [3.63, 3.8) is 0 Å². The van der Waals surface area contributed by atoms with Crippen molar-refractivity contribution in [1.82, 2.24) is 9.97 Å². The molecule has 41 valence electrons. The van der Waals surface area contributed by atoms with E-state index < -0.39 is 5.95 Å². The van der Waals surface area contributed by atoms with Crippen molar-refractivity contribution in [2.24, 2.45) is 0 Å². The predicted octanol–water partition coefficient (Wildman–Crippen LogP) is 1.18. The van der Waals surface area contributed by atoms with E-state index in [1.807, 2.05) is 0 Å². The van der Waals surface area contributed by atoms with Gasteiger partial charge in [-0.1, -0.05) is 0 Å². The molecule has 1 aromatic heterocycles. The van der Waals surface area contributed by atoms with Crippen LogP contribution in [-0.4, -0.2) is 9.97 Å². The molecular weight excluding hydrogens is 175 g/mol. The molecule has 0 saturated carbocycles. The lowest BCUT2D eigenvalue weighted by Crippen LogP contribution is -1.84. The minimum Gasteiger partial charge on any atom is -0.233 e. The molecule has 2 nitrogen and oxygen atoms in total. The summed E-state index contributed by atoms with van der Waals surface area (Å²) in [5.41, 5.74) is 0. The van der Waals surface area contributed by atoms with E-state index in [1.54, 1.807) is 0 Å². The second kappa shape index (κ2) is 2.17. The number of hydrogen-bond acceptors (Lipinski definition) is 2. The summed E-state index contributed by atoms with van der Waals surface area (Å²) in [5.74, 6) is -0.608. The van der Waals surface area contributed by atoms with Crippen molar-refractivity contribution in [3.8, 4) is 0 Å². The van der Waals surface area contributed by atoms with Gasteiger partial charge >= 0.3 is 0 Å². The van der Waals surface area contributed by atoms with Gasteiger partial charge in [0.1, 0.15) is 6.20 Å². The van der Waals surface area contributed by atoms with Crippen LogP contribution in [-0.2, 0) is 0 Å². The Morgan fingerprint density at radius 2 is 2.50 bits per heavy atom. The third-order valence-electron chi connectivity index (χ3n) is 0.569. The number of rotatable bonds is 0. The molecule has 0 amide bonds. The first-order valence-corrected chi connectivity index (χ1v) is 2.64. The molecule has 1 rings (SSSR count). The Morgan fingerprint density at radius 3 is 2.88 bits per heavy atom. The van der Waals surface area contributed by atoms with E-state index in [0.717, 1.165) is 0 Å². The van der Waals surface area contributed by atoms with E-state index >= 15 is 0 Å². The van der Waals surface area contributed by atoms with Gasteiger partial charge in [0, 0.05) is 0 Å². The summed E-state index contributed by atoms with van der Waals surface area (Å²) in [5, 5.41) is 0. The number of aromatic nitrogens is 2. The van der Waals surface area contributed by atoms with Crippen LogP contribution in [0.1, 0.15) is 0 Å². The highest BCUT2D eigenvalue weighted by Gasteiger charge is 1.95. The normalized spacial score (nSPS) is 9.25. The number of hydrogen-bond donors (Lipinski definition) is 0. The third kappa shape index (κ3) is 1.01. The fraction of sp³-hybridized carbons (Fsp3) is 0. The molecule has 1 radical (unpaired) electrons. The Kier molecular flexibility index (Phi) is 1.53. The van der Waals surface area contributed by atoms with Gasteiger partial charge in [0.2, 0.25) is 5.95 Å². The Hall–Kier alpha value is -0.510. The van der Waals surface area contributed by atoms with Gasteiger partial charge in [0.15, 0.2) is 4.60 Å². The van der Waals surface area contributed by atoms with Gasteiger partial charge in [0.05, 0.1) is 6.20 Å². The smallest absolute Gasteiger partial charge is 0.233 e. The summed E-state index contributed by atoms with van der Waals surface area (Å²) in [6.07, 6.45) is 3.52. The fourth-order valence-corrected chi connectivity index (χ4v) is 0.475. The van der Waals surface area contributed by atoms with Gasteiger partial charge in [-0.3, -0.25) is 0 Å². The topological polar surface area (TPSA) is 25.8 Å². The first kappa shape index (κ1) is 5.62. The highest BCUT2D eigenvalue weighted by Crippen LogP contribution is 2.05. The predicted molar refractivity (Wildman–Crippen MR) is 28.5 cm³/mol. The molecule has 0 aliphatic heterocycles. The van der Waals surface area contributed by atoms with Crippen LogP contribution in [0.4, 0.5) is 4.39 Å². The molecule has 1 aromatic rings. The van der Waals surface area contributed by atoms with Crippen LogP contribution >= 0.6 is 15.9 Å². The maximum Gasteiger partial charge on any atom is 0.246 e. The van der Waals surface area contributed by atoms with Gasteiger partial charge in [-0.05, 0) is 15.9 Å². The zero-order valence-corrected chi connectivity index (χ0v) is 5.31. The molecule has 0 atom stereocenters. The second-order valence-corrected chi connectivity index (χ2v) is 1.83. The van der Waals surface area contributed by atoms with Gasteiger partial charge in [-0.25, -0.2) is 9.97 Å². The summed E-state index contributed by atoms with van der Waals surface area (Å²) >= 11 is 2.82. The van der Waals surface area contributed by atoms with Gasteiger partial charge in [-0.2, -0.15) is 4.39 Å². The van der Waals surface area contributed by atoms with E-state index in [2.05, 4.69) is 32.1 Å². The summed E-state index contributed by atoms with van der Waals surface area (Å²) < 4.78 is 12.2. The van der Waals surface area contributed by atoms with Crippen LogP contribution in [0.25, 0.3) is 0 Å². The lowest BCUT2D eigenvalue weighted by atomic mass is 10.7. The Balaban J connectivity index is 3.13. The maximum absolute atomic E-state index is 12.1. The Labute approximate surface area is 53.9 Å². The highest BCUT2D eigenvalue weighted by atomic mass is 79.9. The van der Waals surface area contributed by atoms with Gasteiger partial charge in [0.25, 0.3) is 0 Å². The largest absolute Gasteiger partial charge is 0.246 e. The SMILES string of the molecule is Fc1nc[c]nc1Br. The van der Waals surface area contributed by atoms with Crippen molar-refractivity contribution >= 4 is 15.9 Å². The summed E-state index contributed by atoms with van der Waals surface area (Å²) in [6.45, 7) is 0. The Morgan fingerprint density at radius 1 is 1.75 bits per heavy atom. The lowest BCUT2D eigenvalue weighted by molar-refractivity contribution is 0.567. The van der Waals surface area contributed by atoms with E-state index in [4.69, 9.17) is 0 Å². The van der Waals surface area contributed by atoms with Crippen molar-refractivity contribution < 1.29 is 4.39 Å². The molecule has 0 aromatic carbocycles. The molecule has 0 fully saturated rings. The maximum atomic E-state index is 12.1. The zero-order valence-electron chi connectivity index (χ0n) is 3.73. The molecule has 0 aliphatic rings. The van der Waals surface area contributed by atoms with E-state index in [1.165, 1.54) is 6.20 Å². The standard InChI is InChI=1S/C4HBrFN2/c5-3-4(6)8-2-1-7-3/h2H. The molecule has 0 N–H and O–H groups in total. The molecule has 0 aliphatic carbocycles. The summed E-state index contributed by atoms with van der Waals surface area (Å²) in [7, 11) is 0. The minimum absolute atomic E-state index is 0.0972. The van der Waals surface area contributed by atoms with Crippen LogP contribution in [0.3, 0.4) is 0 Å². The van der Waals surface area contributed by atoms with E-state index in [0.29, 0.717) is 0 Å². The molecule has 0 saturated heterocycles. The Bertz CT molecular complexity index is 170. The fourth-order valence-electron chi connectivity index (χ4n) is 0.270. The molecule has 0 spiro atoms. The van der Waals surface area contributed by atoms with E-state index in [-0.39, 0.29) is 4.60 Å². The quantitative estimate of drug-likeness (QED) is 0.592. The van der Waals surface area contributed by atoms with Crippen LogP contribution in [0.15, 0.2) is 10.8 Å². The average Bonchev–Trinajstić information content (AvgIpc) is 1.77. The van der Waals surface area contributed by atoms with Crippen molar-refractivity contribution in [2.75, 3.05) is 0 Å². The van der Waals surface area contributed by atoms with Crippen molar-refractivity contribution in [1.29, 1.82) is 0 Å². The molecule has 1 heterocycles.